The van der Waals surface area contributed by atoms with Crippen molar-refractivity contribution < 1.29 is 9.59 Å². The fourth-order valence-corrected chi connectivity index (χ4v) is 1.79. The first-order chi connectivity index (χ1) is 8.67. The van der Waals surface area contributed by atoms with Crippen molar-refractivity contribution in [2.75, 3.05) is 6.54 Å². The van der Waals surface area contributed by atoms with Gasteiger partial charge in [0.15, 0.2) is 0 Å². The van der Waals surface area contributed by atoms with Crippen molar-refractivity contribution in [1.82, 2.24) is 25.6 Å². The molecule has 2 amide bonds. The minimum Gasteiger partial charge on any atom is -0.354 e. The highest BCUT2D eigenvalue weighted by Crippen LogP contribution is 2.02. The molecule has 2 rings (SSSR count). The highest BCUT2D eigenvalue weighted by molar-refractivity contribution is 5.78. The molecule has 0 aromatic carbocycles. The number of amides is 2. The predicted octanol–water partition coefficient (Wildman–Crippen LogP) is -1.87. The Labute approximate surface area is 104 Å². The molecule has 0 spiro atoms. The molecule has 98 valence electrons. The molecule has 2 heterocycles. The van der Waals surface area contributed by atoms with Crippen LogP contribution in [0.1, 0.15) is 18.5 Å². The van der Waals surface area contributed by atoms with Gasteiger partial charge >= 0.3 is 0 Å². The zero-order valence-corrected chi connectivity index (χ0v) is 9.93. The smallest absolute Gasteiger partial charge is 0.242 e. The fourth-order valence-electron chi connectivity index (χ4n) is 1.79. The largest absolute Gasteiger partial charge is 0.354 e. The van der Waals surface area contributed by atoms with Crippen molar-refractivity contribution in [1.29, 1.82) is 0 Å². The highest BCUT2D eigenvalue weighted by Gasteiger charge is 2.19. The van der Waals surface area contributed by atoms with E-state index >= 15 is 0 Å². The van der Waals surface area contributed by atoms with E-state index in [1.165, 1.54) is 4.68 Å². The van der Waals surface area contributed by atoms with Gasteiger partial charge in [0, 0.05) is 25.6 Å². The van der Waals surface area contributed by atoms with Crippen LogP contribution in [0.15, 0.2) is 6.20 Å². The Morgan fingerprint density at radius 1 is 1.67 bits per heavy atom. The molecule has 1 aliphatic heterocycles. The number of piperidine rings is 1. The molecule has 0 bridgehead atoms. The van der Waals surface area contributed by atoms with Crippen LogP contribution in [0.4, 0.5) is 0 Å². The molecular weight excluding hydrogens is 236 g/mol. The summed E-state index contributed by atoms with van der Waals surface area (Å²) in [5, 5.41) is 13.1. The van der Waals surface area contributed by atoms with E-state index < -0.39 is 0 Å². The van der Waals surface area contributed by atoms with Gasteiger partial charge in [0.1, 0.15) is 6.54 Å². The van der Waals surface area contributed by atoms with Crippen molar-refractivity contribution in [2.24, 2.45) is 5.73 Å². The molecule has 0 radical (unpaired) electrons. The Balaban J connectivity index is 1.79. The van der Waals surface area contributed by atoms with Crippen LogP contribution in [-0.4, -0.2) is 39.4 Å². The van der Waals surface area contributed by atoms with Crippen molar-refractivity contribution in [2.45, 2.75) is 32.0 Å². The zero-order chi connectivity index (χ0) is 13.0. The molecule has 1 atom stereocenters. The number of nitrogens with two attached hydrogens (primary N) is 1. The van der Waals surface area contributed by atoms with Crippen LogP contribution < -0.4 is 16.4 Å². The third-order valence-corrected chi connectivity index (χ3v) is 2.73. The van der Waals surface area contributed by atoms with Crippen molar-refractivity contribution >= 4 is 11.8 Å². The highest BCUT2D eigenvalue weighted by atomic mass is 16.2. The summed E-state index contributed by atoms with van der Waals surface area (Å²) in [6.45, 7) is 0.893. The number of aromatic nitrogens is 3. The lowest BCUT2D eigenvalue weighted by Gasteiger charge is -2.23. The van der Waals surface area contributed by atoms with Gasteiger partial charge in [0.25, 0.3) is 0 Å². The molecule has 8 heteroatoms. The average molecular weight is 252 g/mol. The van der Waals surface area contributed by atoms with E-state index in [-0.39, 0.29) is 24.4 Å². The van der Waals surface area contributed by atoms with Crippen molar-refractivity contribution in [3.63, 3.8) is 0 Å². The van der Waals surface area contributed by atoms with E-state index in [0.717, 1.165) is 0 Å². The van der Waals surface area contributed by atoms with E-state index in [1.807, 2.05) is 0 Å². The van der Waals surface area contributed by atoms with Crippen LogP contribution in [0.25, 0.3) is 0 Å². The summed E-state index contributed by atoms with van der Waals surface area (Å²) in [6.07, 6.45) is 2.76. The van der Waals surface area contributed by atoms with Gasteiger partial charge in [-0.2, -0.15) is 0 Å². The van der Waals surface area contributed by atoms with Crippen LogP contribution in [-0.2, 0) is 22.7 Å². The van der Waals surface area contributed by atoms with Crippen LogP contribution in [0.5, 0.6) is 0 Å². The van der Waals surface area contributed by atoms with Gasteiger partial charge in [-0.1, -0.05) is 5.21 Å². The van der Waals surface area contributed by atoms with Crippen LogP contribution in [0, 0.1) is 0 Å². The van der Waals surface area contributed by atoms with Crippen LogP contribution in [0.2, 0.25) is 0 Å². The summed E-state index contributed by atoms with van der Waals surface area (Å²) in [5.41, 5.74) is 6.05. The summed E-state index contributed by atoms with van der Waals surface area (Å²) < 4.78 is 1.44. The Kier molecular flexibility index (Phi) is 3.88. The molecular formula is C10H16N6O2. The zero-order valence-electron chi connectivity index (χ0n) is 9.93. The standard InChI is InChI=1S/C10H16N6O2/c11-3-8-5-16(15-14-8)6-10(18)13-7-1-2-9(17)12-4-7/h5,7H,1-4,6,11H2,(H,12,17)(H,13,18). The van der Waals surface area contributed by atoms with Gasteiger partial charge in [-0.15, -0.1) is 5.10 Å². The Morgan fingerprint density at radius 3 is 3.11 bits per heavy atom. The molecule has 1 aliphatic rings. The number of hydrogen-bond acceptors (Lipinski definition) is 5. The molecule has 1 unspecified atom stereocenters. The van der Waals surface area contributed by atoms with E-state index in [4.69, 9.17) is 5.73 Å². The van der Waals surface area contributed by atoms with Gasteiger partial charge in [-0.05, 0) is 6.42 Å². The summed E-state index contributed by atoms with van der Waals surface area (Å²) in [4.78, 5) is 22.7. The monoisotopic (exact) mass is 252 g/mol. The lowest BCUT2D eigenvalue weighted by molar-refractivity contribution is -0.126. The topological polar surface area (TPSA) is 115 Å². The minimum atomic E-state index is -0.148. The molecule has 8 nitrogen and oxygen atoms in total. The number of nitrogens with zero attached hydrogens (tertiary/aromatic N) is 3. The maximum absolute atomic E-state index is 11.7. The van der Waals surface area contributed by atoms with Gasteiger partial charge in [0.05, 0.1) is 11.9 Å². The maximum Gasteiger partial charge on any atom is 0.242 e. The predicted molar refractivity (Wildman–Crippen MR) is 62.1 cm³/mol. The van der Waals surface area contributed by atoms with Crippen LogP contribution in [0.3, 0.4) is 0 Å². The van der Waals surface area contributed by atoms with Gasteiger partial charge in [0.2, 0.25) is 11.8 Å². The molecule has 1 aromatic rings. The molecule has 18 heavy (non-hydrogen) atoms. The van der Waals surface area contributed by atoms with E-state index in [2.05, 4.69) is 20.9 Å². The van der Waals surface area contributed by atoms with Gasteiger partial charge in [-0.3, -0.25) is 9.59 Å². The van der Waals surface area contributed by atoms with E-state index in [1.54, 1.807) is 6.20 Å². The second-order valence-electron chi connectivity index (χ2n) is 4.22. The summed E-state index contributed by atoms with van der Waals surface area (Å²) >= 11 is 0. The summed E-state index contributed by atoms with van der Waals surface area (Å²) in [6, 6.07) is -0.00676. The number of carbonyl (C=O) groups is 2. The second kappa shape index (κ2) is 5.58. The first-order valence-electron chi connectivity index (χ1n) is 5.82. The molecule has 4 N–H and O–H groups in total. The van der Waals surface area contributed by atoms with Crippen molar-refractivity contribution in [3.05, 3.63) is 11.9 Å². The first kappa shape index (κ1) is 12.5. The normalized spacial score (nSPS) is 19.4. The Hall–Kier alpha value is -1.96. The molecule has 1 aromatic heterocycles. The van der Waals surface area contributed by atoms with Gasteiger partial charge in [-0.25, -0.2) is 4.68 Å². The minimum absolute atomic E-state index is 0.00676. The number of rotatable bonds is 4. The Bertz CT molecular complexity index is 433. The quantitative estimate of drug-likeness (QED) is 0.581. The lowest BCUT2D eigenvalue weighted by Crippen LogP contribution is -2.48. The first-order valence-corrected chi connectivity index (χ1v) is 5.82. The maximum atomic E-state index is 11.7. The molecule has 1 fully saturated rings. The number of carbonyl (C=O) groups excluding carboxylic acids is 2. The third-order valence-electron chi connectivity index (χ3n) is 2.73. The molecule has 1 saturated heterocycles. The summed E-state index contributed by atoms with van der Waals surface area (Å²) in [7, 11) is 0. The SMILES string of the molecule is NCc1cn(CC(=O)NC2CCC(=O)NC2)nn1. The number of nitrogens with one attached hydrogen (secondary N) is 2. The third kappa shape index (κ3) is 3.27. The lowest BCUT2D eigenvalue weighted by atomic mass is 10.1. The Morgan fingerprint density at radius 2 is 2.50 bits per heavy atom. The van der Waals surface area contributed by atoms with E-state index in [9.17, 15) is 9.59 Å². The average Bonchev–Trinajstić information content (AvgIpc) is 2.79. The van der Waals surface area contributed by atoms with Gasteiger partial charge < -0.3 is 16.4 Å². The summed E-state index contributed by atoms with van der Waals surface area (Å²) in [5.74, 6) is -0.117. The molecule has 0 aliphatic carbocycles. The van der Waals surface area contributed by atoms with Crippen LogP contribution >= 0.6 is 0 Å². The second-order valence-corrected chi connectivity index (χ2v) is 4.22. The number of hydrogen-bond donors (Lipinski definition) is 3. The molecule has 0 saturated carbocycles. The van der Waals surface area contributed by atoms with E-state index in [0.29, 0.717) is 31.6 Å². The van der Waals surface area contributed by atoms with Crippen molar-refractivity contribution in [3.8, 4) is 0 Å². The fraction of sp³-hybridized carbons (Fsp3) is 0.600.